The van der Waals surface area contributed by atoms with Crippen LogP contribution in [0.3, 0.4) is 0 Å². The van der Waals surface area contributed by atoms with Gasteiger partial charge in [-0.3, -0.25) is 9.59 Å². The van der Waals surface area contributed by atoms with Crippen LogP contribution in [0.4, 0.5) is 0 Å². The van der Waals surface area contributed by atoms with Crippen molar-refractivity contribution in [3.63, 3.8) is 0 Å². The van der Waals surface area contributed by atoms with Gasteiger partial charge in [0, 0.05) is 11.6 Å². The lowest BCUT2D eigenvalue weighted by atomic mass is 10.1. The van der Waals surface area contributed by atoms with E-state index in [1.165, 1.54) is 0 Å². The van der Waals surface area contributed by atoms with Crippen molar-refractivity contribution < 1.29 is 40.7 Å². The zero-order chi connectivity index (χ0) is 20.5. The molecule has 1 amide bonds. The summed E-state index contributed by atoms with van der Waals surface area (Å²) in [7, 11) is 0. The minimum atomic E-state index is -0.433. The summed E-state index contributed by atoms with van der Waals surface area (Å²) in [6, 6.07) is 21.0. The third kappa shape index (κ3) is 6.63. The van der Waals surface area contributed by atoms with E-state index in [9.17, 15) is 14.4 Å². The van der Waals surface area contributed by atoms with Crippen molar-refractivity contribution in [1.29, 1.82) is 0 Å². The minimum absolute atomic E-state index is 0. The number of carbonyl (C=O) groups is 3. The van der Waals surface area contributed by atoms with Crippen LogP contribution in [-0.2, 0) is 11.3 Å². The Morgan fingerprint density at radius 2 is 1.40 bits per heavy atom. The van der Waals surface area contributed by atoms with E-state index in [2.05, 4.69) is 5.32 Å². The average Bonchev–Trinajstić information content (AvgIpc) is 2.77. The number of esters is 1. The Bertz CT molecular complexity index is 994. The highest BCUT2D eigenvalue weighted by Crippen LogP contribution is 2.02. The Kier molecular flexibility index (Phi) is 8.90. The first-order chi connectivity index (χ1) is 14.1. The number of carbonyl (C=O) groups excluding carboxylic acids is 3. The molecule has 0 bridgehead atoms. The molecule has 0 aliphatic carbocycles. The Balaban J connectivity index is 0.00000320. The van der Waals surface area contributed by atoms with E-state index in [1.54, 1.807) is 65.5 Å². The fourth-order valence-corrected chi connectivity index (χ4v) is 2.70. The largest absolute Gasteiger partial charge is 1.00 e. The molecule has 0 spiro atoms. The molecule has 0 unspecified atom stereocenters. The molecule has 154 valence electrons. The zero-order valence-corrected chi connectivity index (χ0v) is 17.7. The van der Waals surface area contributed by atoms with Crippen LogP contribution in [-0.4, -0.2) is 30.8 Å². The van der Waals surface area contributed by atoms with E-state index in [4.69, 9.17) is 4.74 Å². The molecule has 0 aliphatic rings. The number of Topliss-reactive ketones (excluding diaryl/α,β-unsaturated/α-hetero) is 1. The van der Waals surface area contributed by atoms with Crippen LogP contribution >= 0.6 is 0 Å². The molecular weight excluding hydrogens is 448 g/mol. The van der Waals surface area contributed by atoms with Crippen molar-refractivity contribution in [3.8, 4) is 0 Å². The first-order valence-electron chi connectivity index (χ1n) is 9.21. The van der Waals surface area contributed by atoms with Gasteiger partial charge < -0.3 is 27.0 Å². The topological polar surface area (TPSA) is 76.3 Å². The summed E-state index contributed by atoms with van der Waals surface area (Å²) >= 11 is 0. The Labute approximate surface area is 185 Å². The van der Waals surface area contributed by atoms with E-state index in [0.29, 0.717) is 16.7 Å². The van der Waals surface area contributed by atoms with Gasteiger partial charge in [0.15, 0.2) is 12.4 Å². The molecule has 0 aliphatic heterocycles. The Hall–Kier alpha value is -3.32. The summed E-state index contributed by atoms with van der Waals surface area (Å²) in [4.78, 5) is 36.5. The fraction of sp³-hybridized carbons (Fsp3) is 0.130. The van der Waals surface area contributed by atoms with E-state index in [1.807, 2.05) is 24.3 Å². The van der Waals surface area contributed by atoms with Gasteiger partial charge in [0.1, 0.15) is 12.2 Å². The van der Waals surface area contributed by atoms with Gasteiger partial charge >= 0.3 is 5.97 Å². The van der Waals surface area contributed by atoms with Crippen LogP contribution in [0.1, 0.15) is 31.1 Å². The molecule has 7 heteroatoms. The van der Waals surface area contributed by atoms with Gasteiger partial charge in [0.05, 0.1) is 12.1 Å². The number of hydrogen-bond acceptors (Lipinski definition) is 4. The summed E-state index contributed by atoms with van der Waals surface area (Å²) in [5, 5.41) is 2.70. The number of ketones is 1. The molecule has 1 heterocycles. The van der Waals surface area contributed by atoms with E-state index in [-0.39, 0.29) is 48.4 Å². The molecule has 1 aromatic heterocycles. The van der Waals surface area contributed by atoms with Gasteiger partial charge in [-0.05, 0) is 18.2 Å². The predicted octanol–water partition coefficient (Wildman–Crippen LogP) is -0.552. The van der Waals surface area contributed by atoms with Crippen molar-refractivity contribution in [2.45, 2.75) is 6.54 Å². The number of pyridine rings is 1. The second-order valence-corrected chi connectivity index (χ2v) is 6.31. The molecule has 0 saturated carbocycles. The van der Waals surface area contributed by atoms with Crippen molar-refractivity contribution in [3.05, 3.63) is 102 Å². The van der Waals surface area contributed by atoms with Gasteiger partial charge in [-0.1, -0.05) is 48.5 Å². The lowest BCUT2D eigenvalue weighted by Gasteiger charge is -2.06. The first kappa shape index (κ1) is 23.0. The van der Waals surface area contributed by atoms with Gasteiger partial charge in [-0.25, -0.2) is 4.79 Å². The highest BCUT2D eigenvalue weighted by molar-refractivity contribution is 5.95. The molecule has 3 rings (SSSR count). The van der Waals surface area contributed by atoms with Crippen LogP contribution in [0.2, 0.25) is 0 Å². The molecule has 2 aromatic carbocycles. The molecule has 1 N–H and O–H groups in total. The first-order valence-corrected chi connectivity index (χ1v) is 9.21. The highest BCUT2D eigenvalue weighted by Gasteiger charge is 2.15. The summed E-state index contributed by atoms with van der Waals surface area (Å²) in [6.07, 6.45) is 3.35. The summed E-state index contributed by atoms with van der Waals surface area (Å²) < 4.78 is 6.80. The van der Waals surface area contributed by atoms with Crippen LogP contribution in [0.15, 0.2) is 85.2 Å². The standard InChI is InChI=1S/C23H20N2O4.BrH/c26-21(18-8-3-1-4-9-18)17-25-14-7-12-20(16-25)22(27)24-13-15-29-23(28)19-10-5-2-6-11-19;/h1-12,14,16H,13,15,17H2;1H. The number of amides is 1. The minimum Gasteiger partial charge on any atom is -1.00 e. The van der Waals surface area contributed by atoms with Crippen LogP contribution in [0.25, 0.3) is 0 Å². The maximum atomic E-state index is 12.3. The second-order valence-electron chi connectivity index (χ2n) is 6.31. The zero-order valence-electron chi connectivity index (χ0n) is 16.2. The summed E-state index contributed by atoms with van der Waals surface area (Å²) in [6.45, 7) is 0.397. The molecule has 30 heavy (non-hydrogen) atoms. The molecule has 0 fully saturated rings. The van der Waals surface area contributed by atoms with Gasteiger partial charge in [-0.15, -0.1) is 0 Å². The summed E-state index contributed by atoms with van der Waals surface area (Å²) in [5.41, 5.74) is 1.50. The lowest BCUT2D eigenvalue weighted by Crippen LogP contribution is -3.00. The maximum Gasteiger partial charge on any atom is 0.338 e. The smallest absolute Gasteiger partial charge is 0.338 e. The molecule has 0 atom stereocenters. The molecule has 0 saturated heterocycles. The molecule has 0 radical (unpaired) electrons. The fourth-order valence-electron chi connectivity index (χ4n) is 2.70. The lowest BCUT2D eigenvalue weighted by molar-refractivity contribution is -0.683. The number of ether oxygens (including phenoxy) is 1. The number of hydrogen-bond donors (Lipinski definition) is 1. The number of nitrogens with one attached hydrogen (secondary N) is 1. The van der Waals surface area contributed by atoms with Crippen LogP contribution in [0.5, 0.6) is 0 Å². The van der Waals surface area contributed by atoms with Crippen molar-refractivity contribution in [2.24, 2.45) is 0 Å². The third-order valence-electron chi connectivity index (χ3n) is 4.17. The van der Waals surface area contributed by atoms with Crippen molar-refractivity contribution >= 4 is 17.7 Å². The van der Waals surface area contributed by atoms with E-state index >= 15 is 0 Å². The normalized spacial score (nSPS) is 9.87. The summed E-state index contributed by atoms with van der Waals surface area (Å²) in [5.74, 6) is -0.778. The molecule has 6 nitrogen and oxygen atoms in total. The number of benzene rings is 2. The monoisotopic (exact) mass is 468 g/mol. The maximum absolute atomic E-state index is 12.3. The van der Waals surface area contributed by atoms with Gasteiger partial charge in [0.2, 0.25) is 12.3 Å². The number of aromatic nitrogens is 1. The predicted molar refractivity (Wildman–Crippen MR) is 106 cm³/mol. The van der Waals surface area contributed by atoms with Crippen LogP contribution < -0.4 is 26.9 Å². The van der Waals surface area contributed by atoms with E-state index in [0.717, 1.165) is 0 Å². The van der Waals surface area contributed by atoms with Gasteiger partial charge in [0.25, 0.3) is 5.91 Å². The van der Waals surface area contributed by atoms with Gasteiger partial charge in [-0.2, -0.15) is 4.57 Å². The number of nitrogens with zero attached hydrogens (tertiary/aromatic N) is 1. The Morgan fingerprint density at radius 3 is 2.07 bits per heavy atom. The second kappa shape index (κ2) is 11.6. The van der Waals surface area contributed by atoms with Crippen molar-refractivity contribution in [1.82, 2.24) is 5.32 Å². The quantitative estimate of drug-likeness (QED) is 0.208. The third-order valence-corrected chi connectivity index (χ3v) is 4.17. The van der Waals surface area contributed by atoms with E-state index < -0.39 is 5.97 Å². The number of rotatable bonds is 8. The number of halogens is 1. The van der Waals surface area contributed by atoms with Crippen LogP contribution in [0, 0.1) is 0 Å². The SMILES string of the molecule is O=C(C[n+]1cccc(C(=O)NCCOC(=O)c2ccccc2)c1)c1ccccc1.[Br-]. The average molecular weight is 469 g/mol. The van der Waals surface area contributed by atoms with Crippen molar-refractivity contribution in [2.75, 3.05) is 13.2 Å². The highest BCUT2D eigenvalue weighted by atomic mass is 79.9. The molecule has 3 aromatic rings. The molecular formula is C23H21BrN2O4. The Morgan fingerprint density at radius 1 is 0.800 bits per heavy atom.